The predicted octanol–water partition coefficient (Wildman–Crippen LogP) is 2.78. The average Bonchev–Trinajstić information content (AvgIpc) is 2.76. The first-order chi connectivity index (χ1) is 8.25. The highest BCUT2D eigenvalue weighted by molar-refractivity contribution is 6.30. The molecule has 4 nitrogen and oxygen atoms in total. The lowest BCUT2D eigenvalue weighted by Crippen LogP contribution is -1.99. The van der Waals surface area contributed by atoms with Crippen LogP contribution >= 0.6 is 11.6 Å². The molecular formula is C12H9ClN4. The second-order valence-electron chi connectivity index (χ2n) is 3.78. The van der Waals surface area contributed by atoms with Gasteiger partial charge in [-0.25, -0.2) is 9.67 Å². The van der Waals surface area contributed by atoms with Gasteiger partial charge in [0.2, 0.25) is 5.65 Å². The van der Waals surface area contributed by atoms with Gasteiger partial charge in [-0.3, -0.25) is 0 Å². The van der Waals surface area contributed by atoms with Gasteiger partial charge < -0.3 is 0 Å². The molecule has 3 aromatic rings. The summed E-state index contributed by atoms with van der Waals surface area (Å²) in [6.07, 6.45) is 1.70. The smallest absolute Gasteiger partial charge is 0.202 e. The third-order valence-electron chi connectivity index (χ3n) is 2.62. The molecule has 0 saturated carbocycles. The molecular weight excluding hydrogens is 236 g/mol. The third kappa shape index (κ3) is 1.66. The summed E-state index contributed by atoms with van der Waals surface area (Å²) in [5.41, 5.74) is 3.52. The van der Waals surface area contributed by atoms with Crippen LogP contribution in [0.2, 0.25) is 5.02 Å². The van der Waals surface area contributed by atoms with Crippen LogP contribution in [0.4, 0.5) is 0 Å². The van der Waals surface area contributed by atoms with Crippen molar-refractivity contribution < 1.29 is 0 Å². The zero-order valence-corrected chi connectivity index (χ0v) is 9.89. The molecule has 5 heteroatoms. The Hall–Kier alpha value is -1.94. The van der Waals surface area contributed by atoms with Crippen molar-refractivity contribution in [3.8, 4) is 5.69 Å². The van der Waals surface area contributed by atoms with Gasteiger partial charge in [0.25, 0.3) is 0 Å². The van der Waals surface area contributed by atoms with E-state index in [1.807, 2.05) is 37.3 Å². The lowest BCUT2D eigenvalue weighted by Gasteiger charge is -2.06. The molecule has 0 atom stereocenters. The van der Waals surface area contributed by atoms with Gasteiger partial charge in [-0.1, -0.05) is 22.9 Å². The number of hydrogen-bond donors (Lipinski definition) is 0. The van der Waals surface area contributed by atoms with Crippen molar-refractivity contribution in [2.45, 2.75) is 6.92 Å². The summed E-state index contributed by atoms with van der Waals surface area (Å²) >= 11 is 6.01. The molecule has 0 amide bonds. The molecule has 3 rings (SSSR count). The molecule has 1 aromatic carbocycles. The fourth-order valence-electron chi connectivity index (χ4n) is 1.75. The molecule has 0 aliphatic heterocycles. The molecule has 17 heavy (non-hydrogen) atoms. The fourth-order valence-corrected chi connectivity index (χ4v) is 1.92. The second kappa shape index (κ2) is 3.82. The zero-order valence-electron chi connectivity index (χ0n) is 9.13. The van der Waals surface area contributed by atoms with Gasteiger partial charge in [0.1, 0.15) is 5.52 Å². The Balaban J connectivity index is 2.31. The van der Waals surface area contributed by atoms with Crippen molar-refractivity contribution in [3.05, 3.63) is 47.1 Å². The fraction of sp³-hybridized carbons (Fsp3) is 0.0833. The summed E-state index contributed by atoms with van der Waals surface area (Å²) in [5, 5.41) is 8.82. The Morgan fingerprint density at radius 1 is 1.24 bits per heavy atom. The number of rotatable bonds is 1. The molecule has 0 bridgehead atoms. The molecule has 0 fully saturated rings. The van der Waals surface area contributed by atoms with E-state index in [0.29, 0.717) is 10.7 Å². The first kappa shape index (κ1) is 10.2. The normalized spacial score (nSPS) is 10.9. The molecule has 0 aliphatic carbocycles. The summed E-state index contributed by atoms with van der Waals surface area (Å²) in [6, 6.07) is 9.49. The minimum Gasteiger partial charge on any atom is -0.234 e. The lowest BCUT2D eigenvalue weighted by atomic mass is 10.2. The van der Waals surface area contributed by atoms with Crippen LogP contribution < -0.4 is 0 Å². The number of pyridine rings is 1. The van der Waals surface area contributed by atoms with Crippen LogP contribution in [0.25, 0.3) is 16.9 Å². The highest BCUT2D eigenvalue weighted by Gasteiger charge is 2.09. The van der Waals surface area contributed by atoms with Crippen LogP contribution in [0.3, 0.4) is 0 Å². The van der Waals surface area contributed by atoms with E-state index in [2.05, 4.69) is 15.3 Å². The van der Waals surface area contributed by atoms with E-state index in [1.54, 1.807) is 10.9 Å². The Kier molecular flexibility index (Phi) is 2.30. The lowest BCUT2D eigenvalue weighted by molar-refractivity contribution is 0.818. The number of aryl methyl sites for hydroxylation is 1. The summed E-state index contributed by atoms with van der Waals surface area (Å²) < 4.78 is 1.75. The number of benzene rings is 1. The Labute approximate surface area is 103 Å². The molecule has 0 aliphatic rings. The van der Waals surface area contributed by atoms with Crippen molar-refractivity contribution in [2.24, 2.45) is 0 Å². The monoisotopic (exact) mass is 244 g/mol. The quantitative estimate of drug-likeness (QED) is 0.661. The molecule has 0 spiro atoms. The molecule has 0 radical (unpaired) electrons. The molecule has 0 unspecified atom stereocenters. The average molecular weight is 245 g/mol. The maximum Gasteiger partial charge on any atom is 0.202 e. The Morgan fingerprint density at radius 2 is 2.12 bits per heavy atom. The predicted molar refractivity (Wildman–Crippen MR) is 66.4 cm³/mol. The van der Waals surface area contributed by atoms with Gasteiger partial charge >= 0.3 is 0 Å². The van der Waals surface area contributed by atoms with Crippen molar-refractivity contribution >= 4 is 22.8 Å². The van der Waals surface area contributed by atoms with E-state index in [4.69, 9.17) is 11.6 Å². The van der Waals surface area contributed by atoms with Crippen LogP contribution in [0.5, 0.6) is 0 Å². The van der Waals surface area contributed by atoms with Gasteiger partial charge in [0.15, 0.2) is 0 Å². The van der Waals surface area contributed by atoms with Gasteiger partial charge in [0.05, 0.1) is 5.69 Å². The number of nitrogens with zero attached hydrogens (tertiary/aromatic N) is 4. The van der Waals surface area contributed by atoms with Gasteiger partial charge in [-0.15, -0.1) is 5.10 Å². The highest BCUT2D eigenvalue weighted by Crippen LogP contribution is 2.21. The van der Waals surface area contributed by atoms with Crippen LogP contribution in [0, 0.1) is 6.92 Å². The minimum absolute atomic E-state index is 0.631. The van der Waals surface area contributed by atoms with Crippen LogP contribution in [-0.4, -0.2) is 20.0 Å². The maximum absolute atomic E-state index is 6.01. The van der Waals surface area contributed by atoms with Crippen molar-refractivity contribution in [1.29, 1.82) is 0 Å². The number of hydrogen-bond acceptors (Lipinski definition) is 3. The topological polar surface area (TPSA) is 43.6 Å². The van der Waals surface area contributed by atoms with Crippen molar-refractivity contribution in [2.75, 3.05) is 0 Å². The first-order valence-corrected chi connectivity index (χ1v) is 5.56. The van der Waals surface area contributed by atoms with Crippen molar-refractivity contribution in [3.63, 3.8) is 0 Å². The maximum atomic E-state index is 6.01. The van der Waals surface area contributed by atoms with Gasteiger partial charge in [-0.05, 0) is 36.8 Å². The standard InChI is InChI=1S/C12H9ClN4/c1-8-4-5-9(13)7-11(8)17-10-3-2-6-14-12(10)15-16-17/h2-7H,1H3. The third-order valence-corrected chi connectivity index (χ3v) is 2.86. The van der Waals surface area contributed by atoms with E-state index in [9.17, 15) is 0 Å². The van der Waals surface area contributed by atoms with Crippen LogP contribution in [0.15, 0.2) is 36.5 Å². The van der Waals surface area contributed by atoms with Crippen LogP contribution in [0.1, 0.15) is 5.56 Å². The Bertz CT molecular complexity index is 690. The van der Waals surface area contributed by atoms with E-state index >= 15 is 0 Å². The molecule has 2 heterocycles. The SMILES string of the molecule is Cc1ccc(Cl)cc1-n1nnc2ncccc21. The zero-order chi connectivity index (χ0) is 11.8. The number of aromatic nitrogens is 4. The summed E-state index contributed by atoms with van der Waals surface area (Å²) in [5.74, 6) is 0. The van der Waals surface area contributed by atoms with Gasteiger partial charge in [0, 0.05) is 11.2 Å². The van der Waals surface area contributed by atoms with Gasteiger partial charge in [-0.2, -0.15) is 0 Å². The minimum atomic E-state index is 0.631. The highest BCUT2D eigenvalue weighted by atomic mass is 35.5. The summed E-state index contributed by atoms with van der Waals surface area (Å²) in [7, 11) is 0. The second-order valence-corrected chi connectivity index (χ2v) is 4.21. The van der Waals surface area contributed by atoms with E-state index in [1.165, 1.54) is 0 Å². The molecule has 84 valence electrons. The largest absolute Gasteiger partial charge is 0.234 e. The first-order valence-electron chi connectivity index (χ1n) is 5.18. The van der Waals surface area contributed by atoms with Crippen LogP contribution in [-0.2, 0) is 0 Å². The summed E-state index contributed by atoms with van der Waals surface area (Å²) in [4.78, 5) is 4.15. The molecule has 0 saturated heterocycles. The van der Waals surface area contributed by atoms with Crippen molar-refractivity contribution in [1.82, 2.24) is 20.0 Å². The van der Waals surface area contributed by atoms with E-state index in [0.717, 1.165) is 16.8 Å². The Morgan fingerprint density at radius 3 is 3.00 bits per heavy atom. The molecule has 2 aromatic heterocycles. The number of halogens is 1. The summed E-state index contributed by atoms with van der Waals surface area (Å²) in [6.45, 7) is 2.01. The van der Waals surface area contributed by atoms with E-state index < -0.39 is 0 Å². The number of fused-ring (bicyclic) bond motifs is 1. The molecule has 0 N–H and O–H groups in total. The van der Waals surface area contributed by atoms with E-state index in [-0.39, 0.29) is 0 Å².